The first kappa shape index (κ1) is 13.1. The molecule has 0 aromatic heterocycles. The number of hydrogen-bond donors (Lipinski definition) is 1. The Balaban J connectivity index is 1.81. The SMILES string of the molecule is O=C(O)C1CCN(C(=O)C=CC2CCCCC2)C1. The molecule has 1 saturated carbocycles. The van der Waals surface area contributed by atoms with Gasteiger partial charge in [0.2, 0.25) is 5.91 Å². The number of nitrogens with zero attached hydrogens (tertiary/aromatic N) is 1. The van der Waals surface area contributed by atoms with Gasteiger partial charge in [-0.15, -0.1) is 0 Å². The van der Waals surface area contributed by atoms with Crippen LogP contribution in [0.4, 0.5) is 0 Å². The lowest BCUT2D eigenvalue weighted by atomic mass is 9.89. The van der Waals surface area contributed by atoms with Crippen molar-refractivity contribution in [3.8, 4) is 0 Å². The van der Waals surface area contributed by atoms with Gasteiger partial charge in [-0.05, 0) is 31.3 Å². The van der Waals surface area contributed by atoms with Gasteiger partial charge in [0.05, 0.1) is 5.92 Å². The van der Waals surface area contributed by atoms with Crippen molar-refractivity contribution in [3.63, 3.8) is 0 Å². The molecule has 2 aliphatic rings. The molecule has 1 N–H and O–H groups in total. The van der Waals surface area contributed by atoms with E-state index in [0.717, 1.165) is 0 Å². The first-order chi connectivity index (χ1) is 8.66. The van der Waals surface area contributed by atoms with Crippen molar-refractivity contribution < 1.29 is 14.7 Å². The van der Waals surface area contributed by atoms with Crippen LogP contribution in [0.1, 0.15) is 38.5 Å². The third kappa shape index (κ3) is 3.34. The minimum atomic E-state index is -0.790. The maximum Gasteiger partial charge on any atom is 0.308 e. The average molecular weight is 251 g/mol. The molecule has 0 aromatic rings. The van der Waals surface area contributed by atoms with Crippen LogP contribution in [0.3, 0.4) is 0 Å². The number of likely N-dealkylation sites (tertiary alicyclic amines) is 1. The lowest BCUT2D eigenvalue weighted by molar-refractivity contribution is -0.141. The van der Waals surface area contributed by atoms with Crippen molar-refractivity contribution in [2.45, 2.75) is 38.5 Å². The topological polar surface area (TPSA) is 57.6 Å². The van der Waals surface area contributed by atoms with Crippen molar-refractivity contribution in [2.75, 3.05) is 13.1 Å². The Hall–Kier alpha value is -1.32. The second kappa shape index (κ2) is 6.03. The minimum Gasteiger partial charge on any atom is -0.481 e. The van der Waals surface area contributed by atoms with Gasteiger partial charge in [-0.2, -0.15) is 0 Å². The largest absolute Gasteiger partial charge is 0.481 e. The van der Waals surface area contributed by atoms with Crippen LogP contribution in [-0.2, 0) is 9.59 Å². The predicted molar refractivity (Wildman–Crippen MR) is 68.0 cm³/mol. The number of carboxylic acids is 1. The number of carboxylic acid groups (broad SMARTS) is 1. The zero-order valence-electron chi connectivity index (χ0n) is 10.7. The van der Waals surface area contributed by atoms with E-state index >= 15 is 0 Å². The van der Waals surface area contributed by atoms with E-state index in [1.54, 1.807) is 11.0 Å². The van der Waals surface area contributed by atoms with Crippen LogP contribution < -0.4 is 0 Å². The lowest BCUT2D eigenvalue weighted by Gasteiger charge is -2.18. The Morgan fingerprint density at radius 2 is 1.83 bits per heavy atom. The van der Waals surface area contributed by atoms with Gasteiger partial charge in [-0.25, -0.2) is 0 Å². The molecule has 18 heavy (non-hydrogen) atoms. The molecule has 1 amide bonds. The van der Waals surface area contributed by atoms with E-state index in [2.05, 4.69) is 0 Å². The summed E-state index contributed by atoms with van der Waals surface area (Å²) in [4.78, 5) is 24.4. The molecule has 1 heterocycles. The van der Waals surface area contributed by atoms with Gasteiger partial charge in [0.25, 0.3) is 0 Å². The highest BCUT2D eigenvalue weighted by atomic mass is 16.4. The molecular formula is C14H21NO3. The summed E-state index contributed by atoms with van der Waals surface area (Å²) in [7, 11) is 0. The van der Waals surface area contributed by atoms with E-state index in [-0.39, 0.29) is 11.8 Å². The highest BCUT2D eigenvalue weighted by molar-refractivity contribution is 5.88. The average Bonchev–Trinajstić information content (AvgIpc) is 2.87. The van der Waals surface area contributed by atoms with Crippen LogP contribution in [0, 0.1) is 11.8 Å². The van der Waals surface area contributed by atoms with Gasteiger partial charge >= 0.3 is 5.97 Å². The Labute approximate surface area is 108 Å². The Bertz CT molecular complexity index is 345. The number of rotatable bonds is 3. The number of amides is 1. The Morgan fingerprint density at radius 3 is 2.44 bits per heavy atom. The van der Waals surface area contributed by atoms with Crippen LogP contribution >= 0.6 is 0 Å². The van der Waals surface area contributed by atoms with Crippen LogP contribution in [0.5, 0.6) is 0 Å². The van der Waals surface area contributed by atoms with Gasteiger partial charge in [0.15, 0.2) is 0 Å². The molecule has 2 rings (SSSR count). The normalized spacial score (nSPS) is 25.8. The first-order valence-corrected chi connectivity index (χ1v) is 6.86. The van der Waals surface area contributed by atoms with Crippen molar-refractivity contribution in [2.24, 2.45) is 11.8 Å². The van der Waals surface area contributed by atoms with E-state index in [0.29, 0.717) is 25.4 Å². The molecule has 0 aromatic carbocycles. The number of carbonyl (C=O) groups is 2. The van der Waals surface area contributed by atoms with Gasteiger partial charge < -0.3 is 10.0 Å². The lowest BCUT2D eigenvalue weighted by Crippen LogP contribution is -2.28. The molecule has 1 aliphatic carbocycles. The Morgan fingerprint density at radius 1 is 1.11 bits per heavy atom. The van der Waals surface area contributed by atoms with Crippen molar-refractivity contribution in [1.82, 2.24) is 4.90 Å². The molecular weight excluding hydrogens is 230 g/mol. The van der Waals surface area contributed by atoms with E-state index in [9.17, 15) is 9.59 Å². The summed E-state index contributed by atoms with van der Waals surface area (Å²) in [6, 6.07) is 0. The maximum atomic E-state index is 11.9. The summed E-state index contributed by atoms with van der Waals surface area (Å²) < 4.78 is 0. The third-order valence-corrected chi connectivity index (χ3v) is 4.01. The van der Waals surface area contributed by atoms with Crippen molar-refractivity contribution in [1.29, 1.82) is 0 Å². The molecule has 1 unspecified atom stereocenters. The predicted octanol–water partition coefficient (Wildman–Crippen LogP) is 2.06. The molecule has 0 spiro atoms. The van der Waals surface area contributed by atoms with Gasteiger partial charge in [0.1, 0.15) is 0 Å². The summed E-state index contributed by atoms with van der Waals surface area (Å²) in [5, 5.41) is 8.89. The zero-order valence-corrected chi connectivity index (χ0v) is 10.7. The minimum absolute atomic E-state index is 0.0238. The molecule has 0 bridgehead atoms. The highest BCUT2D eigenvalue weighted by Crippen LogP contribution is 2.24. The molecule has 4 nitrogen and oxygen atoms in total. The van der Waals surface area contributed by atoms with Gasteiger partial charge in [-0.1, -0.05) is 25.3 Å². The summed E-state index contributed by atoms with van der Waals surface area (Å²) in [6.07, 6.45) is 10.4. The number of allylic oxidation sites excluding steroid dienone is 1. The van der Waals surface area contributed by atoms with Crippen LogP contribution in [0.2, 0.25) is 0 Å². The second-order valence-electron chi connectivity index (χ2n) is 5.37. The van der Waals surface area contributed by atoms with Crippen LogP contribution in [0.25, 0.3) is 0 Å². The molecule has 1 saturated heterocycles. The fourth-order valence-electron chi connectivity index (χ4n) is 2.81. The fourth-order valence-corrected chi connectivity index (χ4v) is 2.81. The molecule has 2 fully saturated rings. The Kier molecular flexibility index (Phi) is 4.39. The molecule has 4 heteroatoms. The standard InChI is InChI=1S/C14H21NO3/c16-13(7-6-11-4-2-1-3-5-11)15-9-8-12(10-15)14(17)18/h6-7,11-12H,1-5,8-10H2,(H,17,18). The molecule has 1 atom stereocenters. The van der Waals surface area contributed by atoms with Gasteiger partial charge in [0, 0.05) is 13.1 Å². The third-order valence-electron chi connectivity index (χ3n) is 4.01. The molecule has 0 radical (unpaired) electrons. The quantitative estimate of drug-likeness (QED) is 0.781. The number of carbonyl (C=O) groups excluding carboxylic acids is 1. The fraction of sp³-hybridized carbons (Fsp3) is 0.714. The van der Waals surface area contributed by atoms with E-state index in [4.69, 9.17) is 5.11 Å². The number of aliphatic carboxylic acids is 1. The first-order valence-electron chi connectivity index (χ1n) is 6.86. The monoisotopic (exact) mass is 251 g/mol. The summed E-state index contributed by atoms with van der Waals surface area (Å²) >= 11 is 0. The van der Waals surface area contributed by atoms with Gasteiger partial charge in [-0.3, -0.25) is 9.59 Å². The smallest absolute Gasteiger partial charge is 0.308 e. The number of hydrogen-bond acceptors (Lipinski definition) is 2. The second-order valence-corrected chi connectivity index (χ2v) is 5.37. The van der Waals surface area contributed by atoms with Crippen molar-refractivity contribution in [3.05, 3.63) is 12.2 Å². The molecule has 100 valence electrons. The maximum absolute atomic E-state index is 11.9. The van der Waals surface area contributed by atoms with E-state index in [1.807, 2.05) is 6.08 Å². The van der Waals surface area contributed by atoms with E-state index in [1.165, 1.54) is 32.1 Å². The summed E-state index contributed by atoms with van der Waals surface area (Å²) in [6.45, 7) is 0.938. The van der Waals surface area contributed by atoms with E-state index < -0.39 is 5.97 Å². The zero-order chi connectivity index (χ0) is 13.0. The summed E-state index contributed by atoms with van der Waals surface area (Å²) in [5.41, 5.74) is 0. The van der Waals surface area contributed by atoms with Crippen molar-refractivity contribution >= 4 is 11.9 Å². The van der Waals surface area contributed by atoms with Crippen LogP contribution in [0.15, 0.2) is 12.2 Å². The molecule has 1 aliphatic heterocycles. The highest BCUT2D eigenvalue weighted by Gasteiger charge is 2.29. The van der Waals surface area contributed by atoms with Crippen LogP contribution in [-0.4, -0.2) is 35.0 Å². The summed E-state index contributed by atoms with van der Waals surface area (Å²) in [5.74, 6) is -0.650.